The molecule has 20 heavy (non-hydrogen) atoms. The van der Waals surface area contributed by atoms with Crippen molar-refractivity contribution in [3.05, 3.63) is 36.2 Å². The SMILES string of the molecule is CC(C)Cn1ncnc1COc1ccc(CCN)nc1. The lowest BCUT2D eigenvalue weighted by molar-refractivity contribution is 0.281. The average molecular weight is 275 g/mol. The molecule has 6 heteroatoms. The van der Waals surface area contributed by atoms with E-state index >= 15 is 0 Å². The van der Waals surface area contributed by atoms with Gasteiger partial charge in [-0.15, -0.1) is 0 Å². The van der Waals surface area contributed by atoms with E-state index in [0.717, 1.165) is 30.2 Å². The van der Waals surface area contributed by atoms with Crippen LogP contribution in [-0.4, -0.2) is 26.3 Å². The number of ether oxygens (including phenoxy) is 1. The van der Waals surface area contributed by atoms with Gasteiger partial charge < -0.3 is 10.5 Å². The molecule has 2 aromatic rings. The van der Waals surface area contributed by atoms with Crippen LogP contribution in [0.1, 0.15) is 25.4 Å². The minimum atomic E-state index is 0.393. The van der Waals surface area contributed by atoms with Crippen LogP contribution in [0.4, 0.5) is 0 Å². The van der Waals surface area contributed by atoms with Crippen molar-refractivity contribution < 1.29 is 4.74 Å². The molecular weight excluding hydrogens is 254 g/mol. The quantitative estimate of drug-likeness (QED) is 0.826. The zero-order chi connectivity index (χ0) is 14.4. The average Bonchev–Trinajstić information content (AvgIpc) is 2.85. The highest BCUT2D eigenvalue weighted by Crippen LogP contribution is 2.11. The molecule has 0 aliphatic carbocycles. The van der Waals surface area contributed by atoms with E-state index in [-0.39, 0.29) is 0 Å². The van der Waals surface area contributed by atoms with Crippen LogP contribution < -0.4 is 10.5 Å². The summed E-state index contributed by atoms with van der Waals surface area (Å²) in [5.41, 5.74) is 6.46. The lowest BCUT2D eigenvalue weighted by Gasteiger charge is -2.09. The predicted octanol–water partition coefficient (Wildman–Crippen LogP) is 1.41. The van der Waals surface area contributed by atoms with E-state index < -0.39 is 0 Å². The molecule has 2 rings (SSSR count). The first-order chi connectivity index (χ1) is 9.69. The van der Waals surface area contributed by atoms with Crippen LogP contribution in [-0.2, 0) is 19.6 Å². The normalized spacial score (nSPS) is 11.0. The topological polar surface area (TPSA) is 78.8 Å². The number of pyridine rings is 1. The summed E-state index contributed by atoms with van der Waals surface area (Å²) in [6.07, 6.45) is 4.06. The van der Waals surface area contributed by atoms with Crippen molar-refractivity contribution >= 4 is 0 Å². The van der Waals surface area contributed by atoms with E-state index in [9.17, 15) is 0 Å². The van der Waals surface area contributed by atoms with E-state index in [1.165, 1.54) is 0 Å². The van der Waals surface area contributed by atoms with Gasteiger partial charge in [-0.1, -0.05) is 13.8 Å². The molecule has 0 aromatic carbocycles. The summed E-state index contributed by atoms with van der Waals surface area (Å²) in [4.78, 5) is 8.51. The summed E-state index contributed by atoms with van der Waals surface area (Å²) < 4.78 is 7.56. The van der Waals surface area contributed by atoms with Gasteiger partial charge in [-0.05, 0) is 24.6 Å². The van der Waals surface area contributed by atoms with Gasteiger partial charge in [0.25, 0.3) is 0 Å². The molecule has 108 valence electrons. The Morgan fingerprint density at radius 1 is 1.30 bits per heavy atom. The molecule has 0 fully saturated rings. The van der Waals surface area contributed by atoms with Crippen LogP contribution in [0.15, 0.2) is 24.7 Å². The van der Waals surface area contributed by atoms with Crippen LogP contribution in [0.2, 0.25) is 0 Å². The van der Waals surface area contributed by atoms with Gasteiger partial charge in [0.05, 0.1) is 6.20 Å². The number of aromatic nitrogens is 4. The lowest BCUT2D eigenvalue weighted by atomic mass is 10.2. The predicted molar refractivity (Wildman–Crippen MR) is 76.2 cm³/mol. The van der Waals surface area contributed by atoms with Gasteiger partial charge in [-0.3, -0.25) is 4.98 Å². The Labute approximate surface area is 119 Å². The molecular formula is C14H21N5O. The maximum absolute atomic E-state index is 5.69. The third-order valence-electron chi connectivity index (χ3n) is 2.80. The second-order valence-corrected chi connectivity index (χ2v) is 5.06. The fourth-order valence-corrected chi connectivity index (χ4v) is 1.84. The Hall–Kier alpha value is -1.95. The Balaban J connectivity index is 1.93. The molecule has 2 N–H and O–H groups in total. The molecule has 0 aliphatic rings. The second-order valence-electron chi connectivity index (χ2n) is 5.06. The first-order valence-electron chi connectivity index (χ1n) is 6.83. The molecule has 6 nitrogen and oxygen atoms in total. The van der Waals surface area contributed by atoms with Crippen LogP contribution in [0.25, 0.3) is 0 Å². The van der Waals surface area contributed by atoms with E-state index in [0.29, 0.717) is 19.1 Å². The minimum absolute atomic E-state index is 0.393. The van der Waals surface area contributed by atoms with Gasteiger partial charge in [0.1, 0.15) is 18.7 Å². The standard InChI is InChI=1S/C14H21N5O/c1-11(2)8-19-14(17-10-18-19)9-20-13-4-3-12(5-6-15)16-7-13/h3-4,7,10-11H,5-6,8-9,15H2,1-2H3. The molecule has 0 aliphatic heterocycles. The highest BCUT2D eigenvalue weighted by Gasteiger charge is 2.07. The molecule has 2 aromatic heterocycles. The summed E-state index contributed by atoms with van der Waals surface area (Å²) in [5.74, 6) is 2.07. The minimum Gasteiger partial charge on any atom is -0.484 e. The Morgan fingerprint density at radius 3 is 2.80 bits per heavy atom. The van der Waals surface area contributed by atoms with Crippen molar-refractivity contribution in [2.45, 2.75) is 33.4 Å². The molecule has 0 atom stereocenters. The highest BCUT2D eigenvalue weighted by molar-refractivity contribution is 5.20. The summed E-state index contributed by atoms with van der Waals surface area (Å²) in [7, 11) is 0. The van der Waals surface area contributed by atoms with E-state index in [1.807, 2.05) is 16.8 Å². The molecule has 0 spiro atoms. The maximum atomic E-state index is 5.69. The van der Waals surface area contributed by atoms with Crippen molar-refractivity contribution in [2.75, 3.05) is 6.54 Å². The van der Waals surface area contributed by atoms with Crippen LogP contribution in [0.5, 0.6) is 5.75 Å². The lowest BCUT2D eigenvalue weighted by Crippen LogP contribution is -2.12. The Bertz CT molecular complexity index is 521. The van der Waals surface area contributed by atoms with Crippen molar-refractivity contribution in [1.82, 2.24) is 19.7 Å². The summed E-state index contributed by atoms with van der Waals surface area (Å²) in [5, 5.41) is 4.20. The highest BCUT2D eigenvalue weighted by atomic mass is 16.5. The van der Waals surface area contributed by atoms with E-state index in [1.54, 1.807) is 12.5 Å². The number of nitrogens with two attached hydrogens (primary N) is 1. The molecule has 0 amide bonds. The molecule has 0 saturated heterocycles. The zero-order valence-electron chi connectivity index (χ0n) is 12.0. The second kappa shape index (κ2) is 7.00. The largest absolute Gasteiger partial charge is 0.484 e. The van der Waals surface area contributed by atoms with Crippen molar-refractivity contribution in [3.63, 3.8) is 0 Å². The van der Waals surface area contributed by atoms with E-state index in [4.69, 9.17) is 10.5 Å². The first-order valence-corrected chi connectivity index (χ1v) is 6.83. The van der Waals surface area contributed by atoms with Crippen molar-refractivity contribution in [2.24, 2.45) is 11.7 Å². The smallest absolute Gasteiger partial charge is 0.164 e. The summed E-state index contributed by atoms with van der Waals surface area (Å²) in [6, 6.07) is 3.84. The van der Waals surface area contributed by atoms with Gasteiger partial charge in [0, 0.05) is 18.7 Å². The monoisotopic (exact) mass is 275 g/mol. The Morgan fingerprint density at radius 2 is 2.15 bits per heavy atom. The fraction of sp³-hybridized carbons (Fsp3) is 0.500. The molecule has 0 bridgehead atoms. The van der Waals surface area contributed by atoms with E-state index in [2.05, 4.69) is 28.9 Å². The summed E-state index contributed by atoms with van der Waals surface area (Å²) >= 11 is 0. The maximum Gasteiger partial charge on any atom is 0.164 e. The van der Waals surface area contributed by atoms with Crippen LogP contribution >= 0.6 is 0 Å². The molecule has 0 unspecified atom stereocenters. The van der Waals surface area contributed by atoms with Crippen LogP contribution in [0.3, 0.4) is 0 Å². The number of hydrogen-bond donors (Lipinski definition) is 1. The number of hydrogen-bond acceptors (Lipinski definition) is 5. The van der Waals surface area contributed by atoms with Crippen LogP contribution in [0, 0.1) is 5.92 Å². The fourth-order valence-electron chi connectivity index (χ4n) is 1.84. The first kappa shape index (κ1) is 14.5. The molecule has 0 saturated carbocycles. The zero-order valence-corrected chi connectivity index (χ0v) is 12.0. The van der Waals surface area contributed by atoms with Gasteiger partial charge in [-0.2, -0.15) is 5.10 Å². The van der Waals surface area contributed by atoms with Gasteiger partial charge in [-0.25, -0.2) is 9.67 Å². The Kier molecular flexibility index (Phi) is 5.06. The van der Waals surface area contributed by atoms with Gasteiger partial charge >= 0.3 is 0 Å². The van der Waals surface area contributed by atoms with Crippen molar-refractivity contribution in [3.8, 4) is 5.75 Å². The number of nitrogens with zero attached hydrogens (tertiary/aromatic N) is 4. The summed E-state index contributed by atoms with van der Waals surface area (Å²) in [6.45, 7) is 6.13. The third-order valence-corrected chi connectivity index (χ3v) is 2.80. The third kappa shape index (κ3) is 4.03. The molecule has 2 heterocycles. The van der Waals surface area contributed by atoms with Crippen molar-refractivity contribution in [1.29, 1.82) is 0 Å². The molecule has 0 radical (unpaired) electrons. The van der Waals surface area contributed by atoms with Gasteiger partial charge in [0.2, 0.25) is 0 Å². The number of rotatable bonds is 7. The van der Waals surface area contributed by atoms with Gasteiger partial charge in [0.15, 0.2) is 5.82 Å².